The van der Waals surface area contributed by atoms with Crippen LogP contribution in [0.1, 0.15) is 0 Å². The summed E-state index contributed by atoms with van der Waals surface area (Å²) in [7, 11) is -7.13. The SMILES string of the molecule is O=[P+](O)OP(=O)(O)CC=CNc1ccccn1. The second-order valence-corrected chi connectivity index (χ2v) is 5.67. The summed E-state index contributed by atoms with van der Waals surface area (Å²) in [6.45, 7) is 0. The highest BCUT2D eigenvalue weighted by molar-refractivity contribution is 7.59. The Balaban J connectivity index is 2.41. The number of anilines is 1. The van der Waals surface area contributed by atoms with E-state index in [9.17, 15) is 9.13 Å². The molecule has 0 radical (unpaired) electrons. The third-order valence-electron chi connectivity index (χ3n) is 1.55. The summed E-state index contributed by atoms with van der Waals surface area (Å²) in [5.74, 6) is 0.575. The Bertz CT molecular complexity index is 450. The van der Waals surface area contributed by atoms with Crippen LogP contribution in [0.2, 0.25) is 0 Å². The first kappa shape index (κ1) is 14.0. The third-order valence-corrected chi connectivity index (χ3v) is 3.80. The fraction of sp³-hybridized carbons (Fsp3) is 0.125. The molecule has 0 fully saturated rings. The fourth-order valence-corrected chi connectivity index (χ4v) is 2.43. The molecule has 7 nitrogen and oxygen atoms in total. The minimum Gasteiger partial charge on any atom is -0.347 e. The van der Waals surface area contributed by atoms with Crippen molar-refractivity contribution in [1.82, 2.24) is 4.98 Å². The molecule has 9 heteroatoms. The number of hydrogen-bond acceptors (Lipinski definition) is 5. The van der Waals surface area contributed by atoms with Gasteiger partial charge in [-0.05, 0) is 22.6 Å². The van der Waals surface area contributed by atoms with E-state index in [-0.39, 0.29) is 6.16 Å². The molecular weight excluding hydrogens is 266 g/mol. The molecule has 92 valence electrons. The van der Waals surface area contributed by atoms with Crippen molar-refractivity contribution < 1.29 is 23.2 Å². The van der Waals surface area contributed by atoms with Gasteiger partial charge < -0.3 is 10.2 Å². The number of nitrogens with zero attached hydrogens (tertiary/aromatic N) is 1. The Morgan fingerprint density at radius 2 is 2.35 bits per heavy atom. The lowest BCUT2D eigenvalue weighted by Gasteiger charge is -1.99. The Hall–Kier alpha value is -1.10. The smallest absolute Gasteiger partial charge is 0.347 e. The van der Waals surface area contributed by atoms with Gasteiger partial charge in [-0.3, -0.25) is 4.57 Å². The molecule has 2 unspecified atom stereocenters. The van der Waals surface area contributed by atoms with E-state index in [1.807, 2.05) is 0 Å². The standard InChI is InChI=1S/C8H10N2O5P2/c11-16(12)15-17(13,14)7-3-6-10-8-4-1-2-5-9-8/h1-6H,7H2,(H2-,9,10,11,12,13,14)/p+1. The molecule has 17 heavy (non-hydrogen) atoms. The normalized spacial score (nSPS) is 15.5. The number of pyridine rings is 1. The summed E-state index contributed by atoms with van der Waals surface area (Å²) in [6.07, 6.45) is 3.94. The minimum atomic E-state index is -4.05. The zero-order valence-corrected chi connectivity index (χ0v) is 10.4. The molecule has 3 N–H and O–H groups in total. The molecule has 0 aliphatic carbocycles. The van der Waals surface area contributed by atoms with Gasteiger partial charge in [-0.1, -0.05) is 12.1 Å². The highest BCUT2D eigenvalue weighted by atomic mass is 31.2. The molecular formula is C8H11N2O5P2+. The first-order valence-corrected chi connectivity index (χ1v) is 7.39. The van der Waals surface area contributed by atoms with Crippen molar-refractivity contribution in [3.05, 3.63) is 36.7 Å². The molecule has 0 saturated heterocycles. The Morgan fingerprint density at radius 3 is 2.94 bits per heavy atom. The Morgan fingerprint density at radius 1 is 1.59 bits per heavy atom. The van der Waals surface area contributed by atoms with E-state index in [4.69, 9.17) is 9.79 Å². The number of allylic oxidation sites excluding steroid dienone is 1. The van der Waals surface area contributed by atoms with Crippen LogP contribution in [0.3, 0.4) is 0 Å². The van der Waals surface area contributed by atoms with E-state index in [1.54, 1.807) is 24.4 Å². The van der Waals surface area contributed by atoms with Crippen LogP contribution in [0, 0.1) is 0 Å². The maximum absolute atomic E-state index is 11.1. The maximum Gasteiger partial charge on any atom is 0.703 e. The van der Waals surface area contributed by atoms with Crippen LogP contribution in [0.25, 0.3) is 0 Å². The molecule has 0 aromatic carbocycles. The predicted molar refractivity (Wildman–Crippen MR) is 62.6 cm³/mol. The molecule has 0 bridgehead atoms. The van der Waals surface area contributed by atoms with Crippen molar-refractivity contribution in [2.24, 2.45) is 0 Å². The van der Waals surface area contributed by atoms with Crippen LogP contribution in [0.4, 0.5) is 5.82 Å². The van der Waals surface area contributed by atoms with Gasteiger partial charge in [0.15, 0.2) is 0 Å². The average molecular weight is 277 g/mol. The predicted octanol–water partition coefficient (Wildman–Crippen LogP) is 1.86. The van der Waals surface area contributed by atoms with Gasteiger partial charge in [-0.25, -0.2) is 4.98 Å². The van der Waals surface area contributed by atoms with E-state index in [2.05, 4.69) is 14.6 Å². The largest absolute Gasteiger partial charge is 0.703 e. The van der Waals surface area contributed by atoms with Crippen LogP contribution in [0.5, 0.6) is 0 Å². The molecule has 0 amide bonds. The number of aromatic nitrogens is 1. The van der Waals surface area contributed by atoms with Gasteiger partial charge in [-0.15, -0.1) is 4.89 Å². The highest BCUT2D eigenvalue weighted by Crippen LogP contribution is 2.49. The van der Waals surface area contributed by atoms with Gasteiger partial charge in [0.1, 0.15) is 5.82 Å². The van der Waals surface area contributed by atoms with Gasteiger partial charge in [-0.2, -0.15) is 0 Å². The van der Waals surface area contributed by atoms with Gasteiger partial charge in [0.2, 0.25) is 0 Å². The van der Waals surface area contributed by atoms with E-state index in [0.29, 0.717) is 5.82 Å². The fourth-order valence-electron chi connectivity index (χ4n) is 0.921. The molecule has 0 saturated carbocycles. The van der Waals surface area contributed by atoms with Gasteiger partial charge in [0, 0.05) is 10.8 Å². The third kappa shape index (κ3) is 6.26. The summed E-state index contributed by atoms with van der Waals surface area (Å²) < 4.78 is 25.3. The van der Waals surface area contributed by atoms with E-state index < -0.39 is 15.9 Å². The van der Waals surface area contributed by atoms with Gasteiger partial charge in [0.05, 0.1) is 6.16 Å². The van der Waals surface area contributed by atoms with Crippen LogP contribution in [-0.4, -0.2) is 20.9 Å². The topological polar surface area (TPSA) is 109 Å². The second-order valence-electron chi connectivity index (χ2n) is 2.90. The van der Waals surface area contributed by atoms with Crippen molar-refractivity contribution in [2.45, 2.75) is 0 Å². The molecule has 0 spiro atoms. The first-order chi connectivity index (χ1) is 7.99. The molecule has 1 heterocycles. The first-order valence-electron chi connectivity index (χ1n) is 4.50. The van der Waals surface area contributed by atoms with Gasteiger partial charge >= 0.3 is 15.9 Å². The summed E-state index contributed by atoms with van der Waals surface area (Å²) >= 11 is 0. The van der Waals surface area contributed by atoms with E-state index in [1.165, 1.54) is 12.3 Å². The second kappa shape index (κ2) is 6.59. The lowest BCUT2D eigenvalue weighted by molar-refractivity contribution is 0.353. The molecule has 0 aliphatic heterocycles. The summed E-state index contributed by atoms with van der Waals surface area (Å²) in [6, 6.07) is 5.24. The van der Waals surface area contributed by atoms with Crippen molar-refractivity contribution in [1.29, 1.82) is 0 Å². The number of hydrogen-bond donors (Lipinski definition) is 3. The molecule has 2 atom stereocenters. The minimum absolute atomic E-state index is 0.367. The van der Waals surface area contributed by atoms with Crippen LogP contribution in [-0.2, 0) is 13.4 Å². The Labute approximate surface area is 98.6 Å². The van der Waals surface area contributed by atoms with Crippen molar-refractivity contribution >= 4 is 21.7 Å². The summed E-state index contributed by atoms with van der Waals surface area (Å²) in [5, 5.41) is 2.76. The highest BCUT2D eigenvalue weighted by Gasteiger charge is 2.31. The monoisotopic (exact) mass is 277 g/mol. The molecule has 1 rings (SSSR count). The van der Waals surface area contributed by atoms with Gasteiger partial charge in [0.25, 0.3) is 0 Å². The summed E-state index contributed by atoms with van der Waals surface area (Å²) in [4.78, 5) is 21.4. The quantitative estimate of drug-likeness (QED) is 0.681. The molecule has 1 aromatic heterocycles. The zero-order valence-electron chi connectivity index (χ0n) is 8.63. The van der Waals surface area contributed by atoms with Crippen molar-refractivity contribution in [3.63, 3.8) is 0 Å². The number of rotatable bonds is 6. The van der Waals surface area contributed by atoms with E-state index >= 15 is 0 Å². The number of nitrogens with one attached hydrogen (secondary N) is 1. The lowest BCUT2D eigenvalue weighted by Crippen LogP contribution is -1.92. The maximum atomic E-state index is 11.1. The van der Waals surface area contributed by atoms with E-state index in [0.717, 1.165) is 0 Å². The lowest BCUT2D eigenvalue weighted by atomic mass is 10.5. The van der Waals surface area contributed by atoms with Crippen LogP contribution >= 0.6 is 15.9 Å². The van der Waals surface area contributed by atoms with Crippen LogP contribution < -0.4 is 5.32 Å². The zero-order chi connectivity index (χ0) is 12.7. The van der Waals surface area contributed by atoms with Crippen LogP contribution in [0.15, 0.2) is 36.7 Å². The molecule has 0 aliphatic rings. The van der Waals surface area contributed by atoms with Crippen molar-refractivity contribution in [3.8, 4) is 0 Å². The Kier molecular flexibility index (Phi) is 5.41. The average Bonchev–Trinajstić information content (AvgIpc) is 2.24. The summed E-state index contributed by atoms with van der Waals surface area (Å²) in [5.41, 5.74) is 0. The van der Waals surface area contributed by atoms with Crippen molar-refractivity contribution in [2.75, 3.05) is 11.5 Å². The molecule has 1 aromatic rings.